The first-order chi connectivity index (χ1) is 30.6. The Morgan fingerprint density at radius 3 is 1.51 bits per heavy atom. The van der Waals surface area contributed by atoms with Crippen molar-refractivity contribution in [2.45, 2.75) is 150 Å². The van der Waals surface area contributed by atoms with Gasteiger partial charge in [-0.25, -0.2) is 0 Å². The lowest BCUT2D eigenvalue weighted by Crippen LogP contribution is -2.59. The van der Waals surface area contributed by atoms with E-state index in [9.17, 15) is 0 Å². The maximum absolute atomic E-state index is 15.3. The Morgan fingerprint density at radius 1 is 0.556 bits per heavy atom. The molecule has 63 heavy (non-hydrogen) atoms. The number of benzene rings is 4. The molecule has 1 saturated carbocycles. The molecule has 0 saturated heterocycles. The largest absolute Gasteiger partial charge is 0.338 e. The molecular weight excluding hydrogens is 773 g/mol. The molecule has 6 heteroatoms. The van der Waals surface area contributed by atoms with Gasteiger partial charge in [0.05, 0.1) is 0 Å². The second kappa shape index (κ2) is 19.0. The molecule has 1 aliphatic carbocycles. The lowest BCUT2D eigenvalue weighted by molar-refractivity contribution is 0.422. The molecule has 0 radical (unpaired) electrons. The third kappa shape index (κ3) is 8.00. The molecule has 0 bridgehead atoms. The topological polar surface area (TPSA) is 53.9 Å². The van der Waals surface area contributed by atoms with Gasteiger partial charge in [-0.15, -0.1) is 0 Å². The second-order valence-corrected chi connectivity index (χ2v) is 18.4. The van der Waals surface area contributed by atoms with Crippen LogP contribution >= 0.6 is 0 Å². The first-order valence-electron chi connectivity index (χ1n) is 24.2. The minimum absolute atomic E-state index is 0.0907. The Hall–Kier alpha value is -5.62. The molecule has 0 amide bonds. The Labute approximate surface area is 372 Å². The number of rotatable bonds is 16. The average molecular weight is 841 g/mol. The van der Waals surface area contributed by atoms with E-state index in [1.165, 1.54) is 54.0 Å². The SMILES string of the molecule is C=c1n(CCCC)c(=O)c(=C2/C(=C/C=c3\c4cccc5cccc(c54)n3C(C)CCC)CC/C2=C\C=c2/c3cccc4cccc(c43)n2C(C)CCC)c(=O)n1C(C)CCCCC. The van der Waals surface area contributed by atoms with E-state index in [2.05, 4.69) is 161 Å². The van der Waals surface area contributed by atoms with Crippen LogP contribution in [0.1, 0.15) is 144 Å². The molecule has 0 spiro atoms. The van der Waals surface area contributed by atoms with Crippen LogP contribution in [0.3, 0.4) is 0 Å². The predicted octanol–water partition coefficient (Wildman–Crippen LogP) is 11.5. The van der Waals surface area contributed by atoms with Gasteiger partial charge in [0.1, 0.15) is 10.7 Å². The number of nitrogens with zero attached hydrogens (tertiary/aromatic N) is 4. The fraction of sp³-hybridized carbons (Fsp3) is 0.404. The highest BCUT2D eigenvalue weighted by Crippen LogP contribution is 2.37. The van der Waals surface area contributed by atoms with Crippen LogP contribution in [0, 0.1) is 0 Å². The monoisotopic (exact) mass is 841 g/mol. The number of hydrogen-bond acceptors (Lipinski definition) is 2. The molecule has 328 valence electrons. The highest BCUT2D eigenvalue weighted by molar-refractivity contribution is 6.11. The van der Waals surface area contributed by atoms with E-state index in [4.69, 9.17) is 0 Å². The van der Waals surface area contributed by atoms with Crippen molar-refractivity contribution >= 4 is 67.7 Å². The summed E-state index contributed by atoms with van der Waals surface area (Å²) in [6, 6.07) is 27.0. The van der Waals surface area contributed by atoms with Gasteiger partial charge in [0.25, 0.3) is 11.1 Å². The zero-order chi connectivity index (χ0) is 44.4. The third-order valence-corrected chi connectivity index (χ3v) is 14.0. The van der Waals surface area contributed by atoms with Crippen LogP contribution in [0.15, 0.2) is 106 Å². The van der Waals surface area contributed by atoms with E-state index < -0.39 is 0 Å². The Bertz CT molecular complexity index is 3050. The maximum Gasteiger partial charge on any atom is 0.265 e. The fourth-order valence-electron chi connectivity index (χ4n) is 10.9. The highest BCUT2D eigenvalue weighted by Gasteiger charge is 2.26. The van der Waals surface area contributed by atoms with Gasteiger partial charge in [-0.2, -0.15) is 0 Å². The molecule has 0 aliphatic heterocycles. The summed E-state index contributed by atoms with van der Waals surface area (Å²) in [5, 5.41) is 10.1. The Balaban J connectivity index is 1.46. The van der Waals surface area contributed by atoms with E-state index in [1.54, 1.807) is 4.57 Å². The quantitative estimate of drug-likeness (QED) is 0.0910. The van der Waals surface area contributed by atoms with Crippen molar-refractivity contribution in [3.63, 3.8) is 0 Å². The van der Waals surface area contributed by atoms with Crippen LogP contribution in [-0.4, -0.2) is 18.3 Å². The molecule has 3 unspecified atom stereocenters. The minimum atomic E-state index is -0.225. The highest BCUT2D eigenvalue weighted by atomic mass is 16.1. The van der Waals surface area contributed by atoms with Crippen molar-refractivity contribution < 1.29 is 0 Å². The van der Waals surface area contributed by atoms with Gasteiger partial charge in [0, 0.05) is 67.9 Å². The number of hydrogen-bond donors (Lipinski definition) is 0. The average Bonchev–Trinajstić information content (AvgIpc) is 3.93. The molecule has 0 N–H and O–H groups in total. The summed E-state index contributed by atoms with van der Waals surface area (Å²) in [5.41, 5.74) is 5.42. The molecule has 8 rings (SSSR count). The smallest absolute Gasteiger partial charge is 0.265 e. The molecule has 3 atom stereocenters. The molecule has 3 aromatic heterocycles. The molecular formula is C57H68N4O2. The van der Waals surface area contributed by atoms with Gasteiger partial charge in [-0.3, -0.25) is 18.7 Å². The van der Waals surface area contributed by atoms with Crippen LogP contribution in [0.5, 0.6) is 0 Å². The van der Waals surface area contributed by atoms with Gasteiger partial charge < -0.3 is 9.13 Å². The molecule has 3 heterocycles. The fourth-order valence-corrected chi connectivity index (χ4v) is 10.9. The van der Waals surface area contributed by atoms with Crippen molar-refractivity contribution in [1.29, 1.82) is 0 Å². The predicted molar refractivity (Wildman–Crippen MR) is 270 cm³/mol. The first-order valence-corrected chi connectivity index (χ1v) is 24.2. The number of allylic oxidation sites excluding steroid dienone is 4. The van der Waals surface area contributed by atoms with Crippen LogP contribution < -0.4 is 32.5 Å². The Kier molecular flexibility index (Phi) is 13.3. The minimum Gasteiger partial charge on any atom is -0.338 e. The molecule has 6 nitrogen and oxygen atoms in total. The van der Waals surface area contributed by atoms with E-state index in [0.717, 1.165) is 93.8 Å². The van der Waals surface area contributed by atoms with Gasteiger partial charge in [-0.1, -0.05) is 146 Å². The van der Waals surface area contributed by atoms with Gasteiger partial charge >= 0.3 is 0 Å². The van der Waals surface area contributed by atoms with Crippen molar-refractivity contribution in [3.8, 4) is 0 Å². The number of aromatic nitrogens is 4. The molecule has 4 aromatic carbocycles. The van der Waals surface area contributed by atoms with E-state index in [-0.39, 0.29) is 22.4 Å². The van der Waals surface area contributed by atoms with Gasteiger partial charge in [-0.05, 0) is 111 Å². The summed E-state index contributed by atoms with van der Waals surface area (Å²) >= 11 is 0. The van der Waals surface area contributed by atoms with Crippen molar-refractivity contribution in [2.75, 3.05) is 0 Å². The summed E-state index contributed by atoms with van der Waals surface area (Å²) in [6.45, 7) is 20.6. The summed E-state index contributed by atoms with van der Waals surface area (Å²) < 4.78 is 8.68. The summed E-state index contributed by atoms with van der Waals surface area (Å²) in [7, 11) is 0. The molecule has 1 aliphatic rings. The zero-order valence-corrected chi connectivity index (χ0v) is 39.0. The second-order valence-electron chi connectivity index (χ2n) is 18.4. The summed E-state index contributed by atoms with van der Waals surface area (Å²) in [5.74, 6) is 0. The lowest BCUT2D eigenvalue weighted by Gasteiger charge is -2.19. The molecule has 1 fully saturated rings. The van der Waals surface area contributed by atoms with Gasteiger partial charge in [0.15, 0.2) is 0 Å². The van der Waals surface area contributed by atoms with E-state index >= 15 is 9.59 Å². The molecule has 7 aromatic rings. The third-order valence-electron chi connectivity index (χ3n) is 14.0. The normalized spacial score (nSPS) is 17.0. The van der Waals surface area contributed by atoms with Crippen molar-refractivity contribution in [2.24, 2.45) is 0 Å². The van der Waals surface area contributed by atoms with Crippen LogP contribution in [0.2, 0.25) is 0 Å². The van der Waals surface area contributed by atoms with Crippen LogP contribution in [-0.2, 0) is 6.54 Å². The lowest BCUT2D eigenvalue weighted by atomic mass is 10.0. The van der Waals surface area contributed by atoms with E-state index in [1.807, 2.05) is 4.57 Å². The standard InChI is InChI=1S/C57H68N4O2/c1-9-13-15-22-40(7)59-41(8)58(37-14-10-2)56(62)55(57(59)63)52-44(33-35-48-46-27-16-23-42-25-18-29-50(53(42)46)60(48)38(5)20-11-3)31-32-45(52)34-36-49-47-28-17-24-43-26-19-30-51(54(43)47)61(49)39(6)21-12-4/h16-19,23-30,33-36,38-40H,8-15,20-22,31-32,37H2,1-7H3/b44-33+,45-34+,48-35+,49-36+,55-52?. The first kappa shape index (κ1) is 44.0. The van der Waals surface area contributed by atoms with Gasteiger partial charge in [0.2, 0.25) is 0 Å². The summed E-state index contributed by atoms with van der Waals surface area (Å²) in [6.07, 6.45) is 20.6. The van der Waals surface area contributed by atoms with Crippen LogP contribution in [0.25, 0.3) is 67.7 Å². The summed E-state index contributed by atoms with van der Waals surface area (Å²) in [4.78, 5) is 30.4. The number of unbranched alkanes of at least 4 members (excludes halogenated alkanes) is 3. The zero-order valence-electron chi connectivity index (χ0n) is 39.0. The maximum atomic E-state index is 15.3. The van der Waals surface area contributed by atoms with Crippen molar-refractivity contribution in [1.82, 2.24) is 18.3 Å². The Morgan fingerprint density at radius 2 is 1.03 bits per heavy atom. The van der Waals surface area contributed by atoms with Crippen molar-refractivity contribution in [3.05, 3.63) is 138 Å². The van der Waals surface area contributed by atoms with Crippen LogP contribution in [0.4, 0.5) is 0 Å². The van der Waals surface area contributed by atoms with E-state index in [0.29, 0.717) is 24.1 Å².